The normalized spacial score (nSPS) is 24.1. The Hall–Kier alpha value is -1.30. The van der Waals surface area contributed by atoms with Gasteiger partial charge in [0.05, 0.1) is 11.7 Å². The number of aromatic nitrogens is 2. The Labute approximate surface area is 138 Å². The third-order valence-corrected chi connectivity index (χ3v) is 6.90. The minimum absolute atomic E-state index is 0.000458. The van der Waals surface area contributed by atoms with E-state index >= 15 is 0 Å². The number of thioether (sulfide) groups is 2. The average molecular weight is 359 g/mol. The largest absolute Gasteiger partial charge is 0.543 e. The summed E-state index contributed by atoms with van der Waals surface area (Å²) in [6.07, 6.45) is 0. The molecule has 3 heterocycles. The fourth-order valence-electron chi connectivity index (χ4n) is 2.25. The minimum atomic E-state index is -1.31. The van der Waals surface area contributed by atoms with E-state index in [1.165, 1.54) is 39.8 Å². The summed E-state index contributed by atoms with van der Waals surface area (Å²) in [5.74, 6) is -0.580. The van der Waals surface area contributed by atoms with Crippen molar-refractivity contribution in [3.05, 3.63) is 11.3 Å². The number of aliphatic carboxylic acids is 1. The molecule has 2 aliphatic heterocycles. The van der Waals surface area contributed by atoms with E-state index in [0.29, 0.717) is 22.2 Å². The summed E-state index contributed by atoms with van der Waals surface area (Å²) in [6.45, 7) is 0. The molecule has 11 heteroatoms. The lowest BCUT2D eigenvalue weighted by Crippen LogP contribution is -2.83. The number of hydrogen-bond donors (Lipinski definition) is 2. The van der Waals surface area contributed by atoms with Gasteiger partial charge >= 0.3 is 0 Å². The van der Waals surface area contributed by atoms with Crippen LogP contribution in [0.2, 0.25) is 0 Å². The molecule has 0 unspecified atom stereocenters. The van der Waals surface area contributed by atoms with E-state index in [1.54, 1.807) is 7.05 Å². The zero-order chi connectivity index (χ0) is 15.9. The van der Waals surface area contributed by atoms with E-state index < -0.39 is 5.97 Å². The molecule has 3 rings (SSSR count). The van der Waals surface area contributed by atoms with Crippen LogP contribution in [0.1, 0.15) is 0 Å². The molecule has 0 spiro atoms. The van der Waals surface area contributed by atoms with Crippen molar-refractivity contribution in [1.29, 1.82) is 0 Å². The monoisotopic (exact) mass is 359 g/mol. The average Bonchev–Trinajstić information content (AvgIpc) is 2.99. The van der Waals surface area contributed by atoms with Crippen molar-refractivity contribution < 1.29 is 20.4 Å². The fourth-order valence-corrected chi connectivity index (χ4v) is 5.41. The predicted molar refractivity (Wildman–Crippen MR) is 82.0 cm³/mol. The maximum absolute atomic E-state index is 11.9. The van der Waals surface area contributed by atoms with E-state index in [1.807, 2.05) is 0 Å². The van der Waals surface area contributed by atoms with Crippen LogP contribution in [0.4, 0.5) is 5.13 Å². The zero-order valence-electron chi connectivity index (χ0n) is 11.6. The standard InChI is InChI=1S/C11H13N5O3S3/c1-13-10-14-15-11(22-10)21-3-4-2-20-8-5(12)7(17)16(8)6(4)9(18)19/h5,8H,2-3,12H2,1H3,(H,13,14)(H,18,19)/t5-,8+/m0/s1. The summed E-state index contributed by atoms with van der Waals surface area (Å²) in [6, 6.07) is -0.380. The predicted octanol–water partition coefficient (Wildman–Crippen LogP) is -1.80. The van der Waals surface area contributed by atoms with Crippen molar-refractivity contribution in [3.63, 3.8) is 0 Å². The molecule has 1 fully saturated rings. The van der Waals surface area contributed by atoms with E-state index in [9.17, 15) is 14.7 Å². The fraction of sp³-hybridized carbons (Fsp3) is 0.455. The number of nitrogens with one attached hydrogen (secondary N) is 1. The molecule has 0 aliphatic carbocycles. The van der Waals surface area contributed by atoms with Gasteiger partial charge in [-0.2, -0.15) is 0 Å². The lowest BCUT2D eigenvalue weighted by molar-refractivity contribution is -0.424. The van der Waals surface area contributed by atoms with Gasteiger partial charge in [0.1, 0.15) is 5.37 Å². The molecule has 1 aromatic rings. The molecule has 4 N–H and O–H groups in total. The van der Waals surface area contributed by atoms with E-state index in [-0.39, 0.29) is 23.0 Å². The Balaban J connectivity index is 1.78. The smallest absolute Gasteiger partial charge is 0.289 e. The molecule has 1 aromatic heterocycles. The van der Waals surface area contributed by atoms with Crippen LogP contribution in [0.15, 0.2) is 15.6 Å². The van der Waals surface area contributed by atoms with Crippen LogP contribution >= 0.6 is 34.9 Å². The number of hydrogen-bond acceptors (Lipinski definition) is 9. The van der Waals surface area contributed by atoms with Crippen LogP contribution in [0.25, 0.3) is 0 Å². The summed E-state index contributed by atoms with van der Waals surface area (Å²) in [5.41, 5.74) is 4.43. The first-order valence-electron chi connectivity index (χ1n) is 6.38. The van der Waals surface area contributed by atoms with Crippen molar-refractivity contribution in [1.82, 2.24) is 15.1 Å². The summed E-state index contributed by atoms with van der Waals surface area (Å²) in [5, 5.41) is 22.8. The maximum atomic E-state index is 11.9. The highest BCUT2D eigenvalue weighted by Gasteiger charge is 2.53. The Bertz CT molecular complexity index is 661. The Morgan fingerprint density at radius 2 is 2.36 bits per heavy atom. The molecule has 2 aliphatic rings. The molecule has 0 bridgehead atoms. The highest BCUT2D eigenvalue weighted by atomic mass is 32.2. The SMILES string of the molecule is CNc1nnc(SCC2=C(C(=O)[O-])N3C(=O)[C@H]([NH3+])[C@H]3SC2)s1. The van der Waals surface area contributed by atoms with Crippen molar-refractivity contribution in [3.8, 4) is 0 Å². The van der Waals surface area contributed by atoms with Crippen molar-refractivity contribution >= 4 is 51.9 Å². The van der Waals surface area contributed by atoms with Crippen LogP contribution in [0, 0.1) is 0 Å². The number of β-lactam (4-membered cyclic amide) rings is 1. The Kier molecular flexibility index (Phi) is 4.30. The molecule has 0 radical (unpaired) electrons. The number of nitrogens with zero attached hydrogens (tertiary/aromatic N) is 3. The summed E-state index contributed by atoms with van der Waals surface area (Å²) < 4.78 is 0.742. The number of carbonyl (C=O) groups is 2. The molecule has 22 heavy (non-hydrogen) atoms. The Morgan fingerprint density at radius 3 is 3.00 bits per heavy atom. The second kappa shape index (κ2) is 6.07. The second-order valence-electron chi connectivity index (χ2n) is 4.67. The first-order chi connectivity index (χ1) is 10.5. The highest BCUT2D eigenvalue weighted by molar-refractivity contribution is 8.01. The second-order valence-corrected chi connectivity index (χ2v) is 7.97. The highest BCUT2D eigenvalue weighted by Crippen LogP contribution is 2.40. The molecule has 2 atom stereocenters. The number of anilines is 1. The maximum Gasteiger partial charge on any atom is 0.289 e. The zero-order valence-corrected chi connectivity index (χ0v) is 14.0. The van der Waals surface area contributed by atoms with Gasteiger partial charge in [0.15, 0.2) is 10.4 Å². The van der Waals surface area contributed by atoms with Crippen molar-refractivity contribution in [2.45, 2.75) is 15.8 Å². The molecule has 118 valence electrons. The summed E-state index contributed by atoms with van der Waals surface area (Å²) >= 11 is 4.33. The topological polar surface area (TPSA) is 126 Å². The minimum Gasteiger partial charge on any atom is -0.543 e. The molecule has 8 nitrogen and oxygen atoms in total. The number of quaternary nitrogens is 1. The third kappa shape index (κ3) is 2.57. The van der Waals surface area contributed by atoms with Gasteiger partial charge in [-0.05, 0) is 5.57 Å². The van der Waals surface area contributed by atoms with E-state index in [2.05, 4.69) is 21.2 Å². The van der Waals surface area contributed by atoms with Gasteiger partial charge in [-0.15, -0.1) is 22.0 Å². The third-order valence-electron chi connectivity index (χ3n) is 3.34. The number of carbonyl (C=O) groups excluding carboxylic acids is 2. The van der Waals surface area contributed by atoms with Gasteiger partial charge in [0.2, 0.25) is 5.13 Å². The molecule has 1 amide bonds. The number of fused-ring (bicyclic) bond motifs is 1. The van der Waals surface area contributed by atoms with Crippen LogP contribution in [0.5, 0.6) is 0 Å². The van der Waals surface area contributed by atoms with Crippen LogP contribution in [0.3, 0.4) is 0 Å². The number of carboxylic acid groups (broad SMARTS) is 1. The lowest BCUT2D eigenvalue weighted by atomic mass is 10.0. The number of amides is 1. The van der Waals surface area contributed by atoms with Gasteiger partial charge in [0, 0.05) is 18.6 Å². The van der Waals surface area contributed by atoms with Gasteiger partial charge in [-0.1, -0.05) is 23.1 Å². The van der Waals surface area contributed by atoms with Crippen molar-refractivity contribution in [2.75, 3.05) is 23.9 Å². The van der Waals surface area contributed by atoms with E-state index in [0.717, 1.165) is 4.34 Å². The summed E-state index contributed by atoms with van der Waals surface area (Å²) in [7, 11) is 1.76. The van der Waals surface area contributed by atoms with Gasteiger partial charge in [-0.25, -0.2) is 0 Å². The van der Waals surface area contributed by atoms with E-state index in [4.69, 9.17) is 0 Å². The van der Waals surface area contributed by atoms with Gasteiger partial charge < -0.3 is 21.0 Å². The summed E-state index contributed by atoms with van der Waals surface area (Å²) in [4.78, 5) is 24.6. The van der Waals surface area contributed by atoms with Gasteiger partial charge in [0.25, 0.3) is 5.91 Å². The van der Waals surface area contributed by atoms with Crippen molar-refractivity contribution in [2.24, 2.45) is 0 Å². The number of rotatable bonds is 5. The molecular weight excluding hydrogens is 346 g/mol. The van der Waals surface area contributed by atoms with Gasteiger partial charge in [-0.3, -0.25) is 9.69 Å². The first-order valence-corrected chi connectivity index (χ1v) is 9.23. The van der Waals surface area contributed by atoms with Crippen LogP contribution in [-0.2, 0) is 9.59 Å². The molecule has 0 aromatic carbocycles. The van der Waals surface area contributed by atoms with Crippen LogP contribution < -0.4 is 16.2 Å². The Morgan fingerprint density at radius 1 is 1.59 bits per heavy atom. The first kappa shape index (κ1) is 15.6. The molecular formula is C11H13N5O3S3. The molecule has 1 saturated heterocycles. The van der Waals surface area contributed by atoms with Crippen LogP contribution in [-0.4, -0.2) is 56.9 Å². The number of carboxylic acids is 1. The quantitative estimate of drug-likeness (QED) is 0.466. The lowest BCUT2D eigenvalue weighted by Gasteiger charge is -2.47. The molecule has 0 saturated carbocycles.